The van der Waals surface area contributed by atoms with Gasteiger partial charge in [-0.25, -0.2) is 18.1 Å². The van der Waals surface area contributed by atoms with Gasteiger partial charge in [0.05, 0.1) is 30.3 Å². The van der Waals surface area contributed by atoms with Crippen molar-refractivity contribution in [3.05, 3.63) is 41.9 Å². The number of amides is 1. The van der Waals surface area contributed by atoms with Crippen molar-refractivity contribution in [1.82, 2.24) is 19.2 Å². The van der Waals surface area contributed by atoms with Crippen LogP contribution >= 0.6 is 0 Å². The van der Waals surface area contributed by atoms with Gasteiger partial charge in [-0.3, -0.25) is 4.79 Å². The van der Waals surface area contributed by atoms with Crippen molar-refractivity contribution < 1.29 is 17.6 Å². The molecule has 0 bridgehead atoms. The lowest BCUT2D eigenvalue weighted by Crippen LogP contribution is -2.33. The van der Waals surface area contributed by atoms with Gasteiger partial charge in [0.2, 0.25) is 10.0 Å². The monoisotopic (exact) mass is 338 g/mol. The smallest absolute Gasteiger partial charge is 0.257 e. The van der Waals surface area contributed by atoms with E-state index >= 15 is 0 Å². The topological polar surface area (TPSA) is 97.4 Å². The average Bonchev–Trinajstić information content (AvgIpc) is 3.10. The molecule has 2 aromatic heterocycles. The standard InChI is InChI=1S/C14H18N4O4S/c1-23(20,21)16-9-12-8-15-13-2-4-17(5-6-18(12)13)14(19)11-3-7-22-10-11/h3,7-8,10,16H,2,4-6,9H2,1H3. The van der Waals surface area contributed by atoms with Gasteiger partial charge < -0.3 is 13.9 Å². The van der Waals surface area contributed by atoms with E-state index in [0.717, 1.165) is 17.8 Å². The average molecular weight is 338 g/mol. The molecule has 1 aliphatic heterocycles. The molecule has 1 amide bonds. The number of fused-ring (bicyclic) bond motifs is 1. The lowest BCUT2D eigenvalue weighted by Gasteiger charge is -2.19. The molecule has 0 aliphatic carbocycles. The van der Waals surface area contributed by atoms with Gasteiger partial charge in [-0.1, -0.05) is 0 Å². The number of carbonyl (C=O) groups excluding carboxylic acids is 1. The van der Waals surface area contributed by atoms with Crippen molar-refractivity contribution in [2.45, 2.75) is 19.5 Å². The largest absolute Gasteiger partial charge is 0.472 e. The van der Waals surface area contributed by atoms with Crippen molar-refractivity contribution in [3.63, 3.8) is 0 Å². The zero-order chi connectivity index (χ0) is 16.4. The van der Waals surface area contributed by atoms with E-state index in [2.05, 4.69) is 9.71 Å². The maximum atomic E-state index is 12.4. The Morgan fingerprint density at radius 3 is 2.91 bits per heavy atom. The van der Waals surface area contributed by atoms with Gasteiger partial charge in [0, 0.05) is 32.3 Å². The first-order chi connectivity index (χ1) is 10.9. The summed E-state index contributed by atoms with van der Waals surface area (Å²) in [6.45, 7) is 1.89. The molecule has 0 aromatic carbocycles. The summed E-state index contributed by atoms with van der Waals surface area (Å²) in [6, 6.07) is 1.65. The molecule has 8 nitrogen and oxygen atoms in total. The quantitative estimate of drug-likeness (QED) is 0.860. The molecule has 3 heterocycles. The van der Waals surface area contributed by atoms with E-state index in [1.165, 1.54) is 12.5 Å². The first-order valence-electron chi connectivity index (χ1n) is 7.23. The summed E-state index contributed by atoms with van der Waals surface area (Å²) < 4.78 is 31.9. The van der Waals surface area contributed by atoms with Gasteiger partial charge >= 0.3 is 0 Å². The normalized spacial score (nSPS) is 15.3. The summed E-state index contributed by atoms with van der Waals surface area (Å²) in [5.41, 5.74) is 1.33. The molecule has 0 atom stereocenters. The second-order valence-corrected chi connectivity index (χ2v) is 7.30. The highest BCUT2D eigenvalue weighted by molar-refractivity contribution is 7.88. The molecule has 9 heteroatoms. The number of carbonyl (C=O) groups is 1. The van der Waals surface area contributed by atoms with E-state index in [1.54, 1.807) is 17.2 Å². The first kappa shape index (κ1) is 15.8. The van der Waals surface area contributed by atoms with Crippen LogP contribution in [0.4, 0.5) is 0 Å². The minimum atomic E-state index is -3.26. The molecule has 0 radical (unpaired) electrons. The summed E-state index contributed by atoms with van der Waals surface area (Å²) in [4.78, 5) is 18.5. The summed E-state index contributed by atoms with van der Waals surface area (Å²) in [5.74, 6) is 0.790. The maximum absolute atomic E-state index is 12.4. The highest BCUT2D eigenvalue weighted by atomic mass is 32.2. The van der Waals surface area contributed by atoms with Gasteiger partial charge in [-0.15, -0.1) is 0 Å². The molecule has 23 heavy (non-hydrogen) atoms. The van der Waals surface area contributed by atoms with Gasteiger partial charge in [0.15, 0.2) is 0 Å². The Balaban J connectivity index is 1.71. The molecule has 0 saturated carbocycles. The second kappa shape index (κ2) is 6.17. The fraction of sp³-hybridized carbons (Fsp3) is 0.429. The van der Waals surface area contributed by atoms with E-state index in [4.69, 9.17) is 4.42 Å². The van der Waals surface area contributed by atoms with Gasteiger partial charge in [-0.2, -0.15) is 0 Å². The first-order valence-corrected chi connectivity index (χ1v) is 9.12. The number of sulfonamides is 1. The van der Waals surface area contributed by atoms with Crippen LogP contribution in [0.2, 0.25) is 0 Å². The molecular formula is C14H18N4O4S. The maximum Gasteiger partial charge on any atom is 0.257 e. The van der Waals surface area contributed by atoms with E-state index in [-0.39, 0.29) is 12.5 Å². The number of hydrogen-bond donors (Lipinski definition) is 1. The number of rotatable bonds is 4. The fourth-order valence-electron chi connectivity index (χ4n) is 2.61. The van der Waals surface area contributed by atoms with Gasteiger partial charge in [0.25, 0.3) is 5.91 Å². The molecule has 124 valence electrons. The number of aromatic nitrogens is 2. The SMILES string of the molecule is CS(=O)(=O)NCc1cnc2n1CCN(C(=O)c1ccoc1)CC2. The number of imidazole rings is 1. The molecule has 0 fully saturated rings. The van der Waals surface area contributed by atoms with Crippen molar-refractivity contribution in [3.8, 4) is 0 Å². The molecule has 2 aromatic rings. The lowest BCUT2D eigenvalue weighted by atomic mass is 10.2. The number of nitrogens with zero attached hydrogens (tertiary/aromatic N) is 3. The van der Waals surface area contributed by atoms with E-state index < -0.39 is 10.0 Å². The van der Waals surface area contributed by atoms with Crippen molar-refractivity contribution in [2.24, 2.45) is 0 Å². The van der Waals surface area contributed by atoms with Crippen LogP contribution in [0.3, 0.4) is 0 Å². The van der Waals surface area contributed by atoms with E-state index in [0.29, 0.717) is 31.6 Å². The Kier molecular flexibility index (Phi) is 4.22. The predicted molar refractivity (Wildman–Crippen MR) is 82.2 cm³/mol. The third kappa shape index (κ3) is 3.62. The third-order valence-corrected chi connectivity index (χ3v) is 4.46. The zero-order valence-corrected chi connectivity index (χ0v) is 13.5. The highest BCUT2D eigenvalue weighted by Crippen LogP contribution is 2.14. The summed E-state index contributed by atoms with van der Waals surface area (Å²) >= 11 is 0. The van der Waals surface area contributed by atoms with Crippen LogP contribution in [-0.4, -0.2) is 48.1 Å². The minimum absolute atomic E-state index is 0.0692. The second-order valence-electron chi connectivity index (χ2n) is 5.46. The highest BCUT2D eigenvalue weighted by Gasteiger charge is 2.22. The van der Waals surface area contributed by atoms with Crippen LogP contribution in [0.25, 0.3) is 0 Å². The molecule has 3 rings (SSSR count). The number of nitrogens with one attached hydrogen (secondary N) is 1. The number of furan rings is 1. The van der Waals surface area contributed by atoms with Crippen LogP contribution < -0.4 is 4.72 Å². The Morgan fingerprint density at radius 2 is 2.22 bits per heavy atom. The molecule has 1 N–H and O–H groups in total. The summed E-state index contributed by atoms with van der Waals surface area (Å²) in [5, 5.41) is 0. The lowest BCUT2D eigenvalue weighted by molar-refractivity contribution is 0.0758. The number of hydrogen-bond acceptors (Lipinski definition) is 5. The Morgan fingerprint density at radius 1 is 1.39 bits per heavy atom. The predicted octanol–water partition coefficient (Wildman–Crippen LogP) is 0.224. The fourth-order valence-corrected chi connectivity index (χ4v) is 3.02. The molecule has 1 aliphatic rings. The van der Waals surface area contributed by atoms with Crippen molar-refractivity contribution in [1.29, 1.82) is 0 Å². The van der Waals surface area contributed by atoms with Crippen LogP contribution in [0, 0.1) is 0 Å². The van der Waals surface area contributed by atoms with Crippen molar-refractivity contribution in [2.75, 3.05) is 19.3 Å². The van der Waals surface area contributed by atoms with E-state index in [1.807, 2.05) is 4.57 Å². The van der Waals surface area contributed by atoms with Crippen LogP contribution in [-0.2, 0) is 29.5 Å². The van der Waals surface area contributed by atoms with E-state index in [9.17, 15) is 13.2 Å². The minimum Gasteiger partial charge on any atom is -0.472 e. The molecule has 0 unspecified atom stereocenters. The summed E-state index contributed by atoms with van der Waals surface area (Å²) in [7, 11) is -3.26. The molecule has 0 saturated heterocycles. The van der Waals surface area contributed by atoms with Gasteiger partial charge in [-0.05, 0) is 6.07 Å². The van der Waals surface area contributed by atoms with Gasteiger partial charge in [0.1, 0.15) is 12.1 Å². The van der Waals surface area contributed by atoms with Crippen LogP contribution in [0.1, 0.15) is 21.9 Å². The van der Waals surface area contributed by atoms with Crippen molar-refractivity contribution >= 4 is 15.9 Å². The molecule has 0 spiro atoms. The van der Waals surface area contributed by atoms with Crippen LogP contribution in [0.5, 0.6) is 0 Å². The third-order valence-electron chi connectivity index (χ3n) is 3.79. The molecular weight excluding hydrogens is 320 g/mol. The Bertz CT molecular complexity index is 795. The Hall–Kier alpha value is -2.13. The Labute approximate surface area is 134 Å². The summed E-state index contributed by atoms with van der Waals surface area (Å²) in [6.07, 6.45) is 6.35. The van der Waals surface area contributed by atoms with Crippen LogP contribution in [0.15, 0.2) is 29.2 Å². The zero-order valence-electron chi connectivity index (χ0n) is 12.7.